The summed E-state index contributed by atoms with van der Waals surface area (Å²) in [7, 11) is 2.62. The third-order valence-electron chi connectivity index (χ3n) is 6.40. The highest BCUT2D eigenvalue weighted by Crippen LogP contribution is 2.45. The smallest absolute Gasteiger partial charge is 0.320 e. The maximum absolute atomic E-state index is 12.4. The summed E-state index contributed by atoms with van der Waals surface area (Å²) in [6.45, 7) is 5.68. The Balaban J connectivity index is 1.73. The van der Waals surface area contributed by atoms with Crippen LogP contribution in [0.2, 0.25) is 0 Å². The maximum Gasteiger partial charge on any atom is 0.320 e. The SMILES string of the molecule is C=CC1CN2CCc3c([nH]c4ccccc34)C2CC1C(C(=O)OC)C(=O)OC. The van der Waals surface area contributed by atoms with Gasteiger partial charge in [-0.2, -0.15) is 0 Å². The zero-order valence-corrected chi connectivity index (χ0v) is 16.3. The highest BCUT2D eigenvalue weighted by Gasteiger charge is 2.47. The quantitative estimate of drug-likeness (QED) is 0.500. The molecule has 28 heavy (non-hydrogen) atoms. The molecule has 0 spiro atoms. The average molecular weight is 382 g/mol. The number of piperidine rings is 1. The lowest BCUT2D eigenvalue weighted by Gasteiger charge is -2.46. The zero-order valence-electron chi connectivity index (χ0n) is 16.3. The summed E-state index contributed by atoms with van der Waals surface area (Å²) in [5.41, 5.74) is 3.68. The fraction of sp³-hybridized carbons (Fsp3) is 0.455. The van der Waals surface area contributed by atoms with Gasteiger partial charge in [0.2, 0.25) is 0 Å². The molecule has 4 rings (SSSR count). The van der Waals surface area contributed by atoms with Crippen molar-refractivity contribution >= 4 is 22.8 Å². The minimum atomic E-state index is -0.935. The van der Waals surface area contributed by atoms with E-state index < -0.39 is 17.9 Å². The number of ether oxygens (including phenoxy) is 2. The highest BCUT2D eigenvalue weighted by atomic mass is 16.5. The van der Waals surface area contributed by atoms with Crippen LogP contribution in [0.5, 0.6) is 0 Å². The standard InChI is InChI=1S/C22H26N2O4/c1-4-13-12-24-10-9-15-14-7-5-6-8-17(14)23-20(15)18(24)11-16(13)19(21(25)27-2)22(26)28-3/h4-8,13,16,18-19,23H,1,9-12H2,2-3H3. The Hall–Kier alpha value is -2.60. The molecule has 3 heterocycles. The lowest BCUT2D eigenvalue weighted by molar-refractivity contribution is -0.164. The van der Waals surface area contributed by atoms with Crippen molar-refractivity contribution in [2.24, 2.45) is 17.8 Å². The molecule has 0 aliphatic carbocycles. The summed E-state index contributed by atoms with van der Waals surface area (Å²) in [6, 6.07) is 8.47. The molecule has 1 saturated heterocycles. The average Bonchev–Trinajstić information content (AvgIpc) is 3.12. The molecule has 1 aromatic heterocycles. The molecule has 2 aliphatic rings. The molecule has 6 nitrogen and oxygen atoms in total. The van der Waals surface area contributed by atoms with Gasteiger partial charge < -0.3 is 14.5 Å². The number of carbonyl (C=O) groups excluding carboxylic acids is 2. The van der Waals surface area contributed by atoms with Gasteiger partial charge in [-0.15, -0.1) is 6.58 Å². The molecule has 3 atom stereocenters. The molecule has 1 fully saturated rings. The van der Waals surface area contributed by atoms with E-state index >= 15 is 0 Å². The van der Waals surface area contributed by atoms with Crippen LogP contribution in [-0.4, -0.2) is 49.1 Å². The second kappa shape index (κ2) is 7.43. The van der Waals surface area contributed by atoms with E-state index in [1.165, 1.54) is 30.9 Å². The minimum Gasteiger partial charge on any atom is -0.468 e. The van der Waals surface area contributed by atoms with Gasteiger partial charge in [-0.05, 0) is 36.3 Å². The molecule has 0 amide bonds. The minimum absolute atomic E-state index is 0.0189. The van der Waals surface area contributed by atoms with Crippen molar-refractivity contribution < 1.29 is 19.1 Å². The number of hydrogen-bond acceptors (Lipinski definition) is 5. The molecule has 6 heteroatoms. The number of H-pyrrole nitrogens is 1. The van der Waals surface area contributed by atoms with E-state index in [0.29, 0.717) is 6.42 Å². The fourth-order valence-corrected chi connectivity index (χ4v) is 5.03. The van der Waals surface area contributed by atoms with Gasteiger partial charge in [0.05, 0.1) is 20.3 Å². The van der Waals surface area contributed by atoms with Crippen LogP contribution in [0.15, 0.2) is 36.9 Å². The second-order valence-electron chi connectivity index (χ2n) is 7.65. The molecule has 2 aliphatic heterocycles. The first-order chi connectivity index (χ1) is 13.6. The number of hydrogen-bond donors (Lipinski definition) is 1. The van der Waals surface area contributed by atoms with Gasteiger partial charge in [0, 0.05) is 29.7 Å². The molecule has 3 unspecified atom stereocenters. The first kappa shape index (κ1) is 18.7. The summed E-state index contributed by atoms with van der Waals surface area (Å²) >= 11 is 0. The topological polar surface area (TPSA) is 71.6 Å². The van der Waals surface area contributed by atoms with Crippen LogP contribution < -0.4 is 0 Å². The highest BCUT2D eigenvalue weighted by molar-refractivity contribution is 5.95. The van der Waals surface area contributed by atoms with E-state index in [9.17, 15) is 9.59 Å². The Kier molecular flexibility index (Phi) is 4.98. The second-order valence-corrected chi connectivity index (χ2v) is 7.65. The molecule has 2 aromatic rings. The Labute approximate surface area is 164 Å². The number of esters is 2. The van der Waals surface area contributed by atoms with E-state index in [0.717, 1.165) is 25.0 Å². The van der Waals surface area contributed by atoms with Crippen molar-refractivity contribution in [1.82, 2.24) is 9.88 Å². The number of nitrogens with one attached hydrogen (secondary N) is 1. The summed E-state index contributed by atoms with van der Waals surface area (Å²) in [4.78, 5) is 30.9. The van der Waals surface area contributed by atoms with Gasteiger partial charge in [0.1, 0.15) is 0 Å². The van der Waals surface area contributed by atoms with Crippen LogP contribution in [-0.2, 0) is 25.5 Å². The Morgan fingerprint density at radius 3 is 2.64 bits per heavy atom. The molecular weight excluding hydrogens is 356 g/mol. The molecule has 1 N–H and O–H groups in total. The van der Waals surface area contributed by atoms with Crippen molar-refractivity contribution in [3.05, 3.63) is 48.2 Å². The first-order valence-corrected chi connectivity index (χ1v) is 9.70. The number of nitrogens with zero attached hydrogens (tertiary/aromatic N) is 1. The molecule has 0 bridgehead atoms. The number of aromatic nitrogens is 1. The largest absolute Gasteiger partial charge is 0.468 e. The summed E-state index contributed by atoms with van der Waals surface area (Å²) in [6.07, 6.45) is 3.52. The summed E-state index contributed by atoms with van der Waals surface area (Å²) in [5.74, 6) is -2.20. The predicted molar refractivity (Wildman–Crippen MR) is 106 cm³/mol. The van der Waals surface area contributed by atoms with E-state index in [1.54, 1.807) is 0 Å². The van der Waals surface area contributed by atoms with Crippen molar-refractivity contribution in [2.75, 3.05) is 27.3 Å². The Morgan fingerprint density at radius 1 is 1.25 bits per heavy atom. The number of benzene rings is 1. The summed E-state index contributed by atoms with van der Waals surface area (Å²) < 4.78 is 9.88. The van der Waals surface area contributed by atoms with Crippen LogP contribution in [0.25, 0.3) is 10.9 Å². The zero-order chi connectivity index (χ0) is 19.8. The third-order valence-corrected chi connectivity index (χ3v) is 6.40. The number of rotatable bonds is 4. The monoisotopic (exact) mass is 382 g/mol. The lowest BCUT2D eigenvalue weighted by atomic mass is 9.72. The third kappa shape index (κ3) is 2.92. The van der Waals surface area contributed by atoms with Crippen LogP contribution in [0.4, 0.5) is 0 Å². The molecular formula is C22H26N2O4. The van der Waals surface area contributed by atoms with Crippen molar-refractivity contribution in [2.45, 2.75) is 18.9 Å². The van der Waals surface area contributed by atoms with E-state index in [-0.39, 0.29) is 17.9 Å². The Bertz CT molecular complexity index is 902. The van der Waals surface area contributed by atoms with Gasteiger partial charge in [-0.25, -0.2) is 0 Å². The van der Waals surface area contributed by atoms with E-state index in [2.05, 4.69) is 34.7 Å². The van der Waals surface area contributed by atoms with Gasteiger partial charge in [0.25, 0.3) is 0 Å². The number of methoxy groups -OCH3 is 2. The van der Waals surface area contributed by atoms with Gasteiger partial charge in [-0.3, -0.25) is 14.5 Å². The van der Waals surface area contributed by atoms with Crippen LogP contribution in [0.3, 0.4) is 0 Å². The molecule has 0 saturated carbocycles. The first-order valence-electron chi connectivity index (χ1n) is 9.70. The van der Waals surface area contributed by atoms with Crippen molar-refractivity contribution in [1.29, 1.82) is 0 Å². The van der Waals surface area contributed by atoms with Crippen LogP contribution >= 0.6 is 0 Å². The van der Waals surface area contributed by atoms with Crippen LogP contribution in [0.1, 0.15) is 23.7 Å². The molecule has 1 aromatic carbocycles. The van der Waals surface area contributed by atoms with Gasteiger partial charge >= 0.3 is 11.9 Å². The Morgan fingerprint density at radius 2 is 1.96 bits per heavy atom. The number of fused-ring (bicyclic) bond motifs is 5. The fourth-order valence-electron chi connectivity index (χ4n) is 5.03. The van der Waals surface area contributed by atoms with Crippen molar-refractivity contribution in [3.8, 4) is 0 Å². The van der Waals surface area contributed by atoms with E-state index in [4.69, 9.17) is 9.47 Å². The van der Waals surface area contributed by atoms with Crippen LogP contribution in [0, 0.1) is 17.8 Å². The maximum atomic E-state index is 12.4. The molecule has 0 radical (unpaired) electrons. The molecule has 148 valence electrons. The number of aromatic amines is 1. The lowest BCUT2D eigenvalue weighted by Crippen LogP contribution is -2.49. The van der Waals surface area contributed by atoms with Gasteiger partial charge in [0.15, 0.2) is 5.92 Å². The predicted octanol–water partition coefficient (Wildman–Crippen LogP) is 2.85. The summed E-state index contributed by atoms with van der Waals surface area (Å²) in [5, 5.41) is 1.26. The van der Waals surface area contributed by atoms with E-state index in [1.807, 2.05) is 12.1 Å². The number of carbonyl (C=O) groups is 2. The van der Waals surface area contributed by atoms with Crippen molar-refractivity contribution in [3.63, 3.8) is 0 Å². The normalized spacial score (nSPS) is 24.5. The number of para-hydroxylation sites is 1. The van der Waals surface area contributed by atoms with Gasteiger partial charge in [-0.1, -0.05) is 24.3 Å².